The Balaban J connectivity index is 0.847. The average molecular weight is 1050 g/mol. The molecule has 2 fully saturated rings. The Hall–Kier alpha value is -8.07. The topological polar surface area (TPSA) is 64.6 Å². The van der Waals surface area contributed by atoms with Crippen molar-refractivity contribution in [1.29, 1.82) is 0 Å². The summed E-state index contributed by atoms with van der Waals surface area (Å²) < 4.78 is 45.3. The highest BCUT2D eigenvalue weighted by Crippen LogP contribution is 2.65. The molecule has 388 valence electrons. The van der Waals surface area contributed by atoms with Crippen LogP contribution >= 0.6 is 11.8 Å². The third-order valence-electron chi connectivity index (χ3n) is 16.7. The van der Waals surface area contributed by atoms with E-state index in [2.05, 4.69) is 98.8 Å². The quantitative estimate of drug-likeness (QED) is 0.149. The van der Waals surface area contributed by atoms with E-state index >= 15 is 0 Å². The molecular weight excluding hydrogens is 985 g/mol. The van der Waals surface area contributed by atoms with Gasteiger partial charge in [-0.3, -0.25) is 0 Å². The van der Waals surface area contributed by atoms with Crippen LogP contribution in [0.3, 0.4) is 0 Å². The molecule has 0 saturated heterocycles. The van der Waals surface area contributed by atoms with Crippen molar-refractivity contribution in [3.63, 3.8) is 0 Å². The Morgan fingerprint density at radius 1 is 0.449 bits per heavy atom. The third kappa shape index (κ3) is 9.40. The smallest absolute Gasteiger partial charge is 0.153 e. The standard InChI is InChI=1S/C70H60O7S/c1-68(2)77-63-43-60-61(44-64(63)78-68)67-59(66-65(60)58-10-4-5-12-62(58)70(66)41-39-69(40-42-70)37-6-3-7-38-69)11-8-9-46-13-17-48(18-14-46)72-50-21-25-52(26-22-50)74-54-29-33-56(34-30-54)76-57-35-31-55(32-36-57)75-53-27-23-51(24-28-53)73-49-19-15-47(16-20-49)45-71-67/h4-5,8,10-36,43-44H,3,6-7,9,37-42,45H2,1-2H3/b11-8-. The minimum Gasteiger partial charge on any atom is -0.488 e. The van der Waals surface area contributed by atoms with Gasteiger partial charge in [-0.05, 0) is 236 Å². The van der Waals surface area contributed by atoms with Crippen LogP contribution in [0.25, 0.3) is 28.0 Å². The van der Waals surface area contributed by atoms with Crippen molar-refractivity contribution < 1.29 is 33.2 Å². The number of ether oxygens (including phenoxy) is 7. The van der Waals surface area contributed by atoms with E-state index in [1.807, 2.05) is 109 Å². The van der Waals surface area contributed by atoms with E-state index in [0.717, 1.165) is 63.9 Å². The SMILES string of the molecule is CC1(C)Oc2cc3c4c(c5c(c3cc2S1)OCc1ccc(cc1)Oc1ccc(cc1)Oc1ccc(cc1)Oc1ccc(cc1)Oc1ccc(cc1)Oc1ccc(cc1)C/C=C\5)C1(CCC2(CCCCC2)CC1)c1ccccc1-4. The monoisotopic (exact) mass is 1040 g/mol. The van der Waals surface area contributed by atoms with Crippen LogP contribution in [-0.2, 0) is 18.4 Å². The van der Waals surface area contributed by atoms with Gasteiger partial charge >= 0.3 is 0 Å². The van der Waals surface area contributed by atoms with Gasteiger partial charge in [0.1, 0.15) is 75.6 Å². The predicted octanol–water partition coefficient (Wildman–Crippen LogP) is 20.0. The molecule has 0 amide bonds. The number of benzene rings is 9. The highest BCUT2D eigenvalue weighted by atomic mass is 32.2. The zero-order valence-electron chi connectivity index (χ0n) is 44.0. The van der Waals surface area contributed by atoms with Gasteiger partial charge in [0.25, 0.3) is 0 Å². The number of allylic oxidation sites excluding steroid dienone is 1. The molecule has 9 aromatic rings. The lowest BCUT2D eigenvalue weighted by Crippen LogP contribution is -2.38. The van der Waals surface area contributed by atoms with E-state index in [-0.39, 0.29) is 10.3 Å². The molecule has 12 bridgehead atoms. The average Bonchev–Trinajstić information content (AvgIpc) is 3.60. The summed E-state index contributed by atoms with van der Waals surface area (Å²) in [7, 11) is 0. The summed E-state index contributed by atoms with van der Waals surface area (Å²) in [6.45, 7) is 4.70. The predicted molar refractivity (Wildman–Crippen MR) is 311 cm³/mol. The summed E-state index contributed by atoms with van der Waals surface area (Å²) in [6.07, 6.45) is 17.0. The molecule has 22 rings (SSSR count). The maximum Gasteiger partial charge on any atom is 0.153 e. The summed E-state index contributed by atoms with van der Waals surface area (Å²) in [5, 5.41) is 2.31. The van der Waals surface area contributed by atoms with Crippen LogP contribution in [0.1, 0.15) is 99.5 Å². The van der Waals surface area contributed by atoms with Crippen molar-refractivity contribution in [3.05, 3.63) is 216 Å². The summed E-state index contributed by atoms with van der Waals surface area (Å²) in [6, 6.07) is 61.2. The zero-order chi connectivity index (χ0) is 52.3. The molecule has 8 heteroatoms. The Bertz CT molecular complexity index is 3700. The maximum atomic E-state index is 7.37. The lowest BCUT2D eigenvalue weighted by Gasteiger charge is -2.48. The highest BCUT2D eigenvalue weighted by Gasteiger charge is 2.51. The molecule has 10 aliphatic heterocycles. The Morgan fingerprint density at radius 2 is 0.910 bits per heavy atom. The van der Waals surface area contributed by atoms with E-state index in [1.165, 1.54) is 83.7 Å². The van der Waals surface area contributed by atoms with Crippen LogP contribution in [0, 0.1) is 5.41 Å². The summed E-state index contributed by atoms with van der Waals surface area (Å²) in [5.74, 6) is 8.98. The van der Waals surface area contributed by atoms with Gasteiger partial charge in [0, 0.05) is 16.4 Å². The molecule has 2 saturated carbocycles. The number of thioether (sulfide) groups is 1. The summed E-state index contributed by atoms with van der Waals surface area (Å²) >= 11 is 1.78. The van der Waals surface area contributed by atoms with Crippen LogP contribution in [0.4, 0.5) is 0 Å². The first-order chi connectivity index (χ1) is 38.2. The highest BCUT2D eigenvalue weighted by molar-refractivity contribution is 8.00. The van der Waals surface area contributed by atoms with Crippen LogP contribution in [0.15, 0.2) is 193 Å². The lowest BCUT2D eigenvalue weighted by atomic mass is 9.56. The first-order valence-electron chi connectivity index (χ1n) is 27.6. The van der Waals surface area contributed by atoms with Crippen molar-refractivity contribution >= 4 is 28.6 Å². The van der Waals surface area contributed by atoms with E-state index < -0.39 is 0 Å². The zero-order valence-corrected chi connectivity index (χ0v) is 44.8. The van der Waals surface area contributed by atoms with E-state index in [1.54, 1.807) is 11.8 Å². The molecule has 10 heterocycles. The number of rotatable bonds is 0. The van der Waals surface area contributed by atoms with E-state index in [9.17, 15) is 0 Å². The molecule has 2 spiro atoms. The first kappa shape index (κ1) is 48.3. The van der Waals surface area contributed by atoms with Gasteiger partial charge in [0.05, 0.1) is 4.90 Å². The second-order valence-electron chi connectivity index (χ2n) is 22.2. The van der Waals surface area contributed by atoms with E-state index in [0.29, 0.717) is 52.3 Å². The van der Waals surface area contributed by atoms with Crippen molar-refractivity contribution in [2.45, 2.75) is 99.9 Å². The number of hydrogen-bond donors (Lipinski definition) is 0. The van der Waals surface area contributed by atoms with Crippen LogP contribution in [0.2, 0.25) is 0 Å². The van der Waals surface area contributed by atoms with Crippen LogP contribution in [0.5, 0.6) is 69.0 Å². The molecule has 0 atom stereocenters. The maximum absolute atomic E-state index is 7.37. The molecule has 0 radical (unpaired) electrons. The van der Waals surface area contributed by atoms with Crippen LogP contribution in [-0.4, -0.2) is 4.93 Å². The normalized spacial score (nSPS) is 17.9. The van der Waals surface area contributed by atoms with Gasteiger partial charge in [-0.15, -0.1) is 0 Å². The van der Waals surface area contributed by atoms with Crippen LogP contribution < -0.4 is 33.2 Å². The fraction of sp³-hybridized carbons (Fsp3) is 0.229. The summed E-state index contributed by atoms with van der Waals surface area (Å²) in [5.41, 5.74) is 9.27. The second kappa shape index (κ2) is 19.7. The van der Waals surface area contributed by atoms with Crippen molar-refractivity contribution in [1.82, 2.24) is 0 Å². The minimum absolute atomic E-state index is 0.152. The number of fused-ring (bicyclic) bond motifs is 10. The summed E-state index contributed by atoms with van der Waals surface area (Å²) in [4.78, 5) is 0.752. The largest absolute Gasteiger partial charge is 0.488 e. The molecule has 13 aliphatic rings. The van der Waals surface area contributed by atoms with Crippen molar-refractivity contribution in [3.8, 4) is 80.1 Å². The third-order valence-corrected chi connectivity index (χ3v) is 17.8. The number of hydrogen-bond acceptors (Lipinski definition) is 8. The van der Waals surface area contributed by atoms with E-state index in [4.69, 9.17) is 33.2 Å². The van der Waals surface area contributed by atoms with Gasteiger partial charge in [-0.1, -0.05) is 91.7 Å². The van der Waals surface area contributed by atoms with Gasteiger partial charge in [-0.25, -0.2) is 0 Å². The van der Waals surface area contributed by atoms with Crippen molar-refractivity contribution in [2.24, 2.45) is 5.41 Å². The molecular formula is C70H60O7S. The molecule has 3 aliphatic carbocycles. The van der Waals surface area contributed by atoms with Gasteiger partial charge in [-0.2, -0.15) is 0 Å². The molecule has 0 unspecified atom stereocenters. The fourth-order valence-electron chi connectivity index (χ4n) is 12.9. The van der Waals surface area contributed by atoms with Gasteiger partial charge in [0.2, 0.25) is 0 Å². The lowest BCUT2D eigenvalue weighted by molar-refractivity contribution is 0.0950. The Morgan fingerprint density at radius 3 is 1.41 bits per heavy atom. The van der Waals surface area contributed by atoms with Crippen molar-refractivity contribution in [2.75, 3.05) is 0 Å². The Labute approximate surface area is 460 Å². The molecule has 9 aromatic carbocycles. The second-order valence-corrected chi connectivity index (χ2v) is 23.8. The molecule has 0 N–H and O–H groups in total. The van der Waals surface area contributed by atoms with Gasteiger partial charge in [0.15, 0.2) is 4.93 Å². The minimum atomic E-state index is -0.384. The van der Waals surface area contributed by atoms with Gasteiger partial charge < -0.3 is 33.2 Å². The fourth-order valence-corrected chi connectivity index (χ4v) is 13.9. The Kier molecular flexibility index (Phi) is 12.2. The molecule has 0 aromatic heterocycles. The first-order valence-corrected chi connectivity index (χ1v) is 28.4. The molecule has 7 nitrogen and oxygen atoms in total. The molecule has 78 heavy (non-hydrogen) atoms.